The Morgan fingerprint density at radius 3 is 2.50 bits per heavy atom. The van der Waals surface area contributed by atoms with E-state index in [0.717, 1.165) is 6.07 Å². The van der Waals surface area contributed by atoms with Gasteiger partial charge in [-0.2, -0.15) is 26.4 Å². The van der Waals surface area contributed by atoms with Crippen LogP contribution in [0.15, 0.2) is 36.0 Å². The second kappa shape index (κ2) is 9.21. The normalized spacial score (nSPS) is 11.2. The highest BCUT2D eigenvalue weighted by Crippen LogP contribution is 2.33. The molecule has 0 saturated heterocycles. The predicted molar refractivity (Wildman–Crippen MR) is 76.5 cm³/mol. The lowest BCUT2D eigenvalue weighted by Crippen LogP contribution is -2.12. The fraction of sp³-hybridized carbons (Fsp3) is 0.250. The minimum Gasteiger partial charge on any atom is -0.391 e. The van der Waals surface area contributed by atoms with Crippen molar-refractivity contribution in [3.63, 3.8) is 0 Å². The van der Waals surface area contributed by atoms with E-state index >= 15 is 0 Å². The Morgan fingerprint density at radius 2 is 2.05 bits per heavy atom. The molecule has 1 aromatic rings. The predicted octanol–water partition coefficient (Wildman–Crippen LogP) is 3.91. The highest BCUT2D eigenvalue weighted by molar-refractivity contribution is 7.60. The van der Waals surface area contributed by atoms with Crippen LogP contribution in [0, 0.1) is 4.78 Å². The molecule has 0 unspecified atom stereocenters. The summed E-state index contributed by atoms with van der Waals surface area (Å²) in [6.07, 6.45) is -3.02. The summed E-state index contributed by atoms with van der Waals surface area (Å²) in [5, 5.41) is 3.79. The summed E-state index contributed by atoms with van der Waals surface area (Å²) in [6, 6.07) is 3.32. The number of nitrogens with one attached hydrogen (secondary N) is 1. The Kier molecular flexibility index (Phi) is 8.43. The third-order valence-electron chi connectivity index (χ3n) is 2.07. The van der Waals surface area contributed by atoms with Gasteiger partial charge in [-0.25, -0.2) is 0 Å². The van der Waals surface area contributed by atoms with E-state index in [0.29, 0.717) is 0 Å². The summed E-state index contributed by atoms with van der Waals surface area (Å²) in [6.45, 7) is 4.95. The first-order chi connectivity index (χ1) is 10.1. The molecule has 0 radical (unpaired) electrons. The first kappa shape index (κ1) is 20.1. The second-order valence-electron chi connectivity index (χ2n) is 3.68. The summed E-state index contributed by atoms with van der Waals surface area (Å²) in [5.41, 5.74) is -0.791. The van der Waals surface area contributed by atoms with Gasteiger partial charge in [0.05, 0.1) is 11.3 Å². The van der Waals surface area contributed by atoms with Gasteiger partial charge >= 0.3 is 16.7 Å². The summed E-state index contributed by atoms with van der Waals surface area (Å²) in [7, 11) is -2.61. The van der Waals surface area contributed by atoms with E-state index in [4.69, 9.17) is 29.6 Å². The largest absolute Gasteiger partial charge is 0.417 e. The molecule has 22 heavy (non-hydrogen) atoms. The number of nitrogens with zero attached hydrogens (tertiary/aromatic N) is 1. The van der Waals surface area contributed by atoms with Crippen molar-refractivity contribution >= 4 is 27.8 Å². The number of hydrogen-bond donors (Lipinski definition) is 1. The number of benzene rings is 1. The van der Waals surface area contributed by atoms with Crippen LogP contribution in [0.4, 0.5) is 13.2 Å². The summed E-state index contributed by atoms with van der Waals surface area (Å²) in [5.74, 6) is 0. The van der Waals surface area contributed by atoms with Gasteiger partial charge in [-0.1, -0.05) is 29.4 Å². The Hall–Kier alpha value is -1.87. The molecule has 1 N–H and O–H groups in total. The van der Waals surface area contributed by atoms with E-state index in [9.17, 15) is 13.2 Å². The van der Waals surface area contributed by atoms with Crippen LogP contribution in [0.5, 0.6) is 0 Å². The maximum absolute atomic E-state index is 12.8. The highest BCUT2D eigenvalue weighted by Gasteiger charge is 2.34. The van der Waals surface area contributed by atoms with Crippen LogP contribution in [-0.2, 0) is 21.5 Å². The molecule has 0 saturated carbocycles. The average molecular weight is 357 g/mol. The van der Waals surface area contributed by atoms with Crippen molar-refractivity contribution in [2.45, 2.75) is 13.1 Å². The Balaban J connectivity index is 0.000000980. The Bertz CT molecular complexity index is 651. The maximum Gasteiger partial charge on any atom is 0.417 e. The molecule has 0 aromatic heterocycles. The molecule has 10 heteroatoms. The zero-order valence-corrected chi connectivity index (χ0v) is 12.9. The number of hydrogen-bond acceptors (Lipinski definition) is 5. The molecule has 1 rings (SSSR count). The summed E-state index contributed by atoms with van der Waals surface area (Å²) < 4.78 is 61.2. The van der Waals surface area contributed by atoms with Crippen molar-refractivity contribution in [1.29, 1.82) is 4.78 Å². The van der Waals surface area contributed by atoms with E-state index < -0.39 is 22.2 Å². The average Bonchev–Trinajstić information content (AvgIpc) is 2.36. The molecule has 0 heterocycles. The number of halogens is 4. The zero-order chi connectivity index (χ0) is 17.3. The molecule has 0 fully saturated rings. The van der Waals surface area contributed by atoms with Crippen molar-refractivity contribution in [3.8, 4) is 0 Å². The van der Waals surface area contributed by atoms with E-state index in [-0.39, 0.29) is 22.9 Å². The molecule has 5 nitrogen and oxygen atoms in total. The molecule has 0 aliphatic rings. The van der Waals surface area contributed by atoms with E-state index in [1.807, 2.05) is 0 Å². The molecular formula is C12H12ClF3N2O3S. The lowest BCUT2D eigenvalue weighted by molar-refractivity contribution is -0.137. The zero-order valence-electron chi connectivity index (χ0n) is 11.3. The minimum absolute atomic E-state index is 0.0981. The highest BCUT2D eigenvalue weighted by atomic mass is 35.5. The molecule has 0 aliphatic heterocycles. The summed E-state index contributed by atoms with van der Waals surface area (Å²) in [4.78, 5) is 4.77. The minimum atomic E-state index is -4.46. The third-order valence-corrected chi connectivity index (χ3v) is 2.31. The number of oxime groups is 1. The number of alkyl halides is 3. The first-order valence-corrected chi connectivity index (χ1v) is 7.00. The van der Waals surface area contributed by atoms with Gasteiger partial charge in [-0.05, 0) is 25.1 Å². The smallest absolute Gasteiger partial charge is 0.391 e. The van der Waals surface area contributed by atoms with Crippen molar-refractivity contribution < 1.29 is 26.4 Å². The van der Waals surface area contributed by atoms with Crippen LogP contribution >= 0.6 is 11.6 Å². The lowest BCUT2D eigenvalue weighted by Gasteiger charge is -2.12. The summed E-state index contributed by atoms with van der Waals surface area (Å²) >= 11 is 5.69. The van der Waals surface area contributed by atoms with Crippen molar-refractivity contribution in [3.05, 3.63) is 47.0 Å². The van der Waals surface area contributed by atoms with Crippen molar-refractivity contribution in [1.82, 2.24) is 0 Å². The third kappa shape index (κ3) is 7.79. The van der Waals surface area contributed by atoms with E-state index in [2.05, 4.69) is 11.7 Å². The van der Waals surface area contributed by atoms with Gasteiger partial charge < -0.3 is 4.84 Å². The van der Waals surface area contributed by atoms with Gasteiger partial charge in [-0.15, -0.1) is 0 Å². The van der Waals surface area contributed by atoms with Crippen molar-refractivity contribution in [2.75, 3.05) is 6.61 Å². The monoisotopic (exact) mass is 356 g/mol. The molecule has 0 atom stereocenters. The van der Waals surface area contributed by atoms with Crippen LogP contribution < -0.4 is 0 Å². The fourth-order valence-corrected chi connectivity index (χ4v) is 1.47. The molecule has 0 aliphatic carbocycles. The fourth-order valence-electron chi connectivity index (χ4n) is 1.30. The van der Waals surface area contributed by atoms with Gasteiger partial charge in [-0.3, -0.25) is 0 Å². The molecule has 0 spiro atoms. The molecule has 0 bridgehead atoms. The van der Waals surface area contributed by atoms with Crippen LogP contribution in [-0.4, -0.2) is 20.7 Å². The van der Waals surface area contributed by atoms with Gasteiger partial charge in [0, 0.05) is 10.6 Å². The maximum atomic E-state index is 12.8. The molecule has 122 valence electrons. The van der Waals surface area contributed by atoms with E-state index in [1.165, 1.54) is 25.1 Å². The second-order valence-corrected chi connectivity index (χ2v) is 4.59. The van der Waals surface area contributed by atoms with Gasteiger partial charge in [0.15, 0.2) is 0 Å². The Morgan fingerprint density at radius 1 is 1.50 bits per heavy atom. The van der Waals surface area contributed by atoms with E-state index in [1.54, 1.807) is 0 Å². The topological polar surface area (TPSA) is 79.6 Å². The van der Waals surface area contributed by atoms with Crippen LogP contribution in [0.2, 0.25) is 5.02 Å². The molecule has 1 aromatic carbocycles. The Labute approximate surface area is 131 Å². The number of rotatable bonds is 4. The molecule has 0 amide bonds. The van der Waals surface area contributed by atoms with Crippen LogP contribution in [0.3, 0.4) is 0 Å². The lowest BCUT2D eigenvalue weighted by atomic mass is 10.0. The van der Waals surface area contributed by atoms with Crippen LogP contribution in [0.1, 0.15) is 18.1 Å². The van der Waals surface area contributed by atoms with Crippen molar-refractivity contribution in [2.24, 2.45) is 5.16 Å². The quantitative estimate of drug-likeness (QED) is 0.384. The SMILES string of the molecule is C=CCO/N=C(\C)c1cc(Cl)ccc1C(F)(F)F.N=S(=O)=O. The van der Waals surface area contributed by atoms with Gasteiger partial charge in [0.1, 0.15) is 6.61 Å². The van der Waals surface area contributed by atoms with Gasteiger partial charge in [0.25, 0.3) is 0 Å². The van der Waals surface area contributed by atoms with Crippen LogP contribution in [0.25, 0.3) is 0 Å². The standard InChI is InChI=1S/C12H11ClF3NO.HNO2S/c1-3-6-18-17-8(2)10-7-9(13)4-5-11(10)12(14,15)16;1-4(2)3/h3-5,7H,1,6H2,2H3;1H/b17-8+;. The first-order valence-electron chi connectivity index (χ1n) is 5.54. The van der Waals surface area contributed by atoms with Gasteiger partial charge in [0.2, 0.25) is 0 Å². The molecular weight excluding hydrogens is 345 g/mol.